The first-order chi connectivity index (χ1) is 21.3. The molecule has 0 atom stereocenters. The van der Waals surface area contributed by atoms with Gasteiger partial charge in [0.1, 0.15) is 16.9 Å². The molecule has 0 bridgehead atoms. The SMILES string of the molecule is O=C(CSc1cccc(NC(=O)/C(=C/c2ccccc2)NC(=O)c2ccccc2)c1)Nc1c(F)c(F)c(C(F)(F)F)c(F)c1F. The minimum absolute atomic E-state index is 0.0902. The normalized spacial score (nSPS) is 11.6. The molecule has 3 amide bonds. The fraction of sp³-hybridized carbons (Fsp3) is 0.0645. The molecule has 0 unspecified atom stereocenters. The van der Waals surface area contributed by atoms with E-state index in [0.29, 0.717) is 16.0 Å². The topological polar surface area (TPSA) is 87.3 Å². The summed E-state index contributed by atoms with van der Waals surface area (Å²) in [5, 5.41) is 6.76. The summed E-state index contributed by atoms with van der Waals surface area (Å²) in [6.45, 7) is 0. The molecular formula is C31H20F7N3O3S. The molecule has 0 saturated carbocycles. The summed E-state index contributed by atoms with van der Waals surface area (Å²) in [6.07, 6.45) is -4.26. The van der Waals surface area contributed by atoms with Crippen molar-refractivity contribution in [1.82, 2.24) is 5.32 Å². The molecule has 4 aromatic carbocycles. The van der Waals surface area contributed by atoms with Gasteiger partial charge in [-0.15, -0.1) is 11.8 Å². The minimum Gasteiger partial charge on any atom is -0.321 e. The van der Waals surface area contributed by atoms with Crippen LogP contribution in [0.4, 0.5) is 42.1 Å². The van der Waals surface area contributed by atoms with Crippen LogP contribution in [0.15, 0.2) is 95.5 Å². The Morgan fingerprint density at radius 2 is 1.33 bits per heavy atom. The quantitative estimate of drug-likeness (QED) is 0.0765. The van der Waals surface area contributed by atoms with E-state index in [4.69, 9.17) is 0 Å². The van der Waals surface area contributed by atoms with Crippen LogP contribution >= 0.6 is 11.8 Å². The highest BCUT2D eigenvalue weighted by atomic mass is 32.2. The molecule has 6 nitrogen and oxygen atoms in total. The summed E-state index contributed by atoms with van der Waals surface area (Å²) in [5.74, 6) is -13.2. The van der Waals surface area contributed by atoms with Crippen molar-refractivity contribution in [3.63, 3.8) is 0 Å². The van der Waals surface area contributed by atoms with Crippen LogP contribution in [0.1, 0.15) is 21.5 Å². The van der Waals surface area contributed by atoms with Gasteiger partial charge in [-0.1, -0.05) is 54.6 Å². The maximum absolute atomic E-state index is 14.1. The molecule has 14 heteroatoms. The Balaban J connectivity index is 1.46. The van der Waals surface area contributed by atoms with Gasteiger partial charge in [0.15, 0.2) is 23.3 Å². The number of hydrogen-bond donors (Lipinski definition) is 3. The van der Waals surface area contributed by atoms with Gasteiger partial charge in [0.2, 0.25) is 5.91 Å². The Bertz CT molecular complexity index is 1740. The van der Waals surface area contributed by atoms with Crippen LogP contribution in [0.25, 0.3) is 6.08 Å². The number of amides is 3. The van der Waals surface area contributed by atoms with Crippen molar-refractivity contribution in [2.45, 2.75) is 11.1 Å². The largest absolute Gasteiger partial charge is 0.422 e. The monoisotopic (exact) mass is 647 g/mol. The highest BCUT2D eigenvalue weighted by molar-refractivity contribution is 8.00. The summed E-state index contributed by atoms with van der Waals surface area (Å²) in [6, 6.07) is 22.8. The van der Waals surface area contributed by atoms with E-state index >= 15 is 0 Å². The Morgan fingerprint density at radius 1 is 0.733 bits per heavy atom. The average Bonchev–Trinajstić information content (AvgIpc) is 3.01. The third-order valence-corrected chi connectivity index (χ3v) is 6.91. The summed E-state index contributed by atoms with van der Waals surface area (Å²) in [5.41, 5.74) is -3.41. The average molecular weight is 648 g/mol. The lowest BCUT2D eigenvalue weighted by Crippen LogP contribution is -2.30. The minimum atomic E-state index is -5.72. The summed E-state index contributed by atoms with van der Waals surface area (Å²) < 4.78 is 94.4. The second kappa shape index (κ2) is 14.1. The fourth-order valence-electron chi connectivity index (χ4n) is 3.84. The van der Waals surface area contributed by atoms with E-state index in [1.807, 2.05) is 0 Å². The molecule has 0 aliphatic carbocycles. The summed E-state index contributed by atoms with van der Waals surface area (Å²) >= 11 is 0.775. The van der Waals surface area contributed by atoms with Gasteiger partial charge < -0.3 is 16.0 Å². The summed E-state index contributed by atoms with van der Waals surface area (Å²) in [4.78, 5) is 38.6. The van der Waals surface area contributed by atoms with E-state index in [1.165, 1.54) is 30.3 Å². The molecule has 0 aliphatic heterocycles. The van der Waals surface area contributed by atoms with E-state index in [9.17, 15) is 45.1 Å². The van der Waals surface area contributed by atoms with Crippen LogP contribution in [0.5, 0.6) is 0 Å². The first-order valence-corrected chi connectivity index (χ1v) is 13.7. The molecule has 0 heterocycles. The van der Waals surface area contributed by atoms with E-state index in [2.05, 4.69) is 10.6 Å². The molecule has 0 saturated heterocycles. The van der Waals surface area contributed by atoms with Crippen molar-refractivity contribution < 1.29 is 45.1 Å². The molecule has 0 aliphatic rings. The number of alkyl halides is 3. The van der Waals surface area contributed by atoms with Gasteiger partial charge in [-0.3, -0.25) is 14.4 Å². The maximum Gasteiger partial charge on any atom is 0.422 e. The van der Waals surface area contributed by atoms with Crippen molar-refractivity contribution in [2.24, 2.45) is 0 Å². The predicted molar refractivity (Wildman–Crippen MR) is 154 cm³/mol. The summed E-state index contributed by atoms with van der Waals surface area (Å²) in [7, 11) is 0. The third kappa shape index (κ3) is 8.29. The standard InChI is InChI=1S/C31H20F7N3O3S/c32-24-23(31(36,37)38)25(33)27(35)28(26(24)34)41-22(42)16-45-20-13-7-12-19(15-20)39-30(44)21(14-17-8-3-1-4-9-17)40-29(43)18-10-5-2-6-11-18/h1-15H,16H2,(H,39,44)(H,40,43)(H,41,42)/b21-14-. The van der Waals surface area contributed by atoms with Gasteiger partial charge in [0.25, 0.3) is 11.8 Å². The van der Waals surface area contributed by atoms with Gasteiger partial charge in [-0.2, -0.15) is 13.2 Å². The molecule has 0 fully saturated rings. The van der Waals surface area contributed by atoms with E-state index < -0.39 is 64.2 Å². The lowest BCUT2D eigenvalue weighted by atomic mass is 10.1. The molecule has 45 heavy (non-hydrogen) atoms. The molecule has 0 spiro atoms. The zero-order valence-electron chi connectivity index (χ0n) is 22.6. The molecular weight excluding hydrogens is 627 g/mol. The van der Waals surface area contributed by atoms with E-state index in [-0.39, 0.29) is 11.4 Å². The van der Waals surface area contributed by atoms with Crippen LogP contribution in [0.3, 0.4) is 0 Å². The van der Waals surface area contributed by atoms with Crippen molar-refractivity contribution in [3.8, 4) is 0 Å². The maximum atomic E-state index is 14.1. The van der Waals surface area contributed by atoms with Gasteiger partial charge in [-0.25, -0.2) is 17.6 Å². The van der Waals surface area contributed by atoms with Crippen LogP contribution in [0, 0.1) is 23.3 Å². The number of halogens is 7. The highest BCUT2D eigenvalue weighted by Crippen LogP contribution is 2.38. The zero-order chi connectivity index (χ0) is 32.7. The van der Waals surface area contributed by atoms with Crippen molar-refractivity contribution in [1.29, 1.82) is 0 Å². The number of hydrogen-bond acceptors (Lipinski definition) is 4. The Hall–Kier alpha value is -5.11. The first-order valence-electron chi connectivity index (χ1n) is 12.8. The number of rotatable bonds is 9. The lowest BCUT2D eigenvalue weighted by Gasteiger charge is -2.14. The smallest absolute Gasteiger partial charge is 0.321 e. The van der Waals surface area contributed by atoms with Gasteiger partial charge >= 0.3 is 6.18 Å². The Labute approximate surface area is 255 Å². The molecule has 0 radical (unpaired) electrons. The Morgan fingerprint density at radius 3 is 1.93 bits per heavy atom. The van der Waals surface area contributed by atoms with Crippen LogP contribution < -0.4 is 16.0 Å². The molecule has 0 aromatic heterocycles. The lowest BCUT2D eigenvalue weighted by molar-refractivity contribution is -0.143. The molecule has 4 rings (SSSR count). The van der Waals surface area contributed by atoms with Crippen molar-refractivity contribution >= 4 is 46.9 Å². The van der Waals surface area contributed by atoms with Crippen molar-refractivity contribution in [2.75, 3.05) is 16.4 Å². The first kappa shape index (κ1) is 32.8. The molecule has 3 N–H and O–H groups in total. The van der Waals surface area contributed by atoms with E-state index in [0.717, 1.165) is 11.8 Å². The number of anilines is 2. The second-order valence-corrected chi connectivity index (χ2v) is 10.2. The second-order valence-electron chi connectivity index (χ2n) is 9.11. The van der Waals surface area contributed by atoms with Crippen LogP contribution in [-0.2, 0) is 15.8 Å². The van der Waals surface area contributed by atoms with Crippen LogP contribution in [-0.4, -0.2) is 23.5 Å². The molecule has 4 aromatic rings. The van der Waals surface area contributed by atoms with E-state index in [1.54, 1.807) is 66.0 Å². The highest BCUT2D eigenvalue weighted by Gasteiger charge is 2.42. The number of carbonyl (C=O) groups excluding carboxylic acids is 3. The predicted octanol–water partition coefficient (Wildman–Crippen LogP) is 7.40. The Kier molecular flexibility index (Phi) is 10.3. The van der Waals surface area contributed by atoms with Crippen molar-refractivity contribution in [3.05, 3.63) is 131 Å². The van der Waals surface area contributed by atoms with Gasteiger partial charge in [0, 0.05) is 16.1 Å². The van der Waals surface area contributed by atoms with Gasteiger partial charge in [0.05, 0.1) is 5.75 Å². The molecule has 232 valence electrons. The third-order valence-electron chi connectivity index (χ3n) is 5.91. The number of carbonyl (C=O) groups is 3. The number of nitrogens with one attached hydrogen (secondary N) is 3. The van der Waals surface area contributed by atoms with Gasteiger partial charge in [-0.05, 0) is 42.0 Å². The number of benzene rings is 4. The zero-order valence-corrected chi connectivity index (χ0v) is 23.5. The van der Waals surface area contributed by atoms with Crippen LogP contribution in [0.2, 0.25) is 0 Å². The fourth-order valence-corrected chi connectivity index (χ4v) is 4.59. The number of thioether (sulfide) groups is 1.